The Bertz CT molecular complexity index is 536. The second-order valence-corrected chi connectivity index (χ2v) is 5.58. The summed E-state index contributed by atoms with van der Waals surface area (Å²) in [6, 6.07) is 4.50. The van der Waals surface area contributed by atoms with Gasteiger partial charge >= 0.3 is 5.97 Å². The van der Waals surface area contributed by atoms with Gasteiger partial charge in [-0.2, -0.15) is 0 Å². The minimum absolute atomic E-state index is 0.121. The van der Waals surface area contributed by atoms with Crippen LogP contribution in [0.1, 0.15) is 12.0 Å². The summed E-state index contributed by atoms with van der Waals surface area (Å²) in [5.41, 5.74) is 0.855. The number of hydrogen-bond acceptors (Lipinski definition) is 4. The average Bonchev–Trinajstić information content (AvgIpc) is 2.87. The Morgan fingerprint density at radius 3 is 3.14 bits per heavy atom. The van der Waals surface area contributed by atoms with Crippen LogP contribution >= 0.6 is 0 Å². The predicted octanol–water partition coefficient (Wildman–Crippen LogP) is 1.21. The lowest BCUT2D eigenvalue weighted by molar-refractivity contribution is -0.144. The molecule has 3 unspecified atom stereocenters. The van der Waals surface area contributed by atoms with Crippen LogP contribution in [0, 0.1) is 11.7 Å². The maximum atomic E-state index is 13.1. The molecule has 1 fully saturated rings. The summed E-state index contributed by atoms with van der Waals surface area (Å²) >= 11 is 0. The third-order valence-corrected chi connectivity index (χ3v) is 3.94. The number of piperidine rings is 1. The number of ether oxygens (including phenoxy) is 2. The van der Waals surface area contributed by atoms with Crippen LogP contribution < -0.4 is 10.1 Å². The highest BCUT2D eigenvalue weighted by Crippen LogP contribution is 2.29. The maximum absolute atomic E-state index is 13.1. The van der Waals surface area contributed by atoms with Crippen molar-refractivity contribution in [3.05, 3.63) is 29.6 Å². The molecule has 2 heterocycles. The fourth-order valence-corrected chi connectivity index (χ4v) is 2.84. The molecule has 2 aliphatic rings. The van der Waals surface area contributed by atoms with Crippen LogP contribution in [0.25, 0.3) is 0 Å². The Morgan fingerprint density at radius 2 is 2.33 bits per heavy atom. The Balaban J connectivity index is 1.50. The molecule has 2 aliphatic heterocycles. The van der Waals surface area contributed by atoms with Crippen molar-refractivity contribution in [2.45, 2.75) is 25.0 Å². The number of fused-ring (bicyclic) bond motifs is 1. The fraction of sp³-hybridized carbons (Fsp3) is 0.533. The molecule has 0 radical (unpaired) electrons. The van der Waals surface area contributed by atoms with E-state index in [1.807, 2.05) is 0 Å². The van der Waals surface area contributed by atoms with Crippen molar-refractivity contribution in [2.24, 2.45) is 5.92 Å². The van der Waals surface area contributed by atoms with Gasteiger partial charge in [0.25, 0.3) is 0 Å². The van der Waals surface area contributed by atoms with Crippen LogP contribution in [0.2, 0.25) is 0 Å². The van der Waals surface area contributed by atoms with Gasteiger partial charge in [0.2, 0.25) is 0 Å². The quantitative estimate of drug-likeness (QED) is 0.874. The minimum atomic E-state index is -0.796. The van der Waals surface area contributed by atoms with E-state index in [1.54, 1.807) is 6.07 Å². The van der Waals surface area contributed by atoms with Gasteiger partial charge in [-0.25, -0.2) is 4.39 Å². The highest BCUT2D eigenvalue weighted by Gasteiger charge is 2.29. The molecule has 1 saturated heterocycles. The van der Waals surface area contributed by atoms with Crippen LogP contribution in [-0.2, 0) is 16.0 Å². The molecule has 0 spiro atoms. The number of benzene rings is 1. The largest absolute Gasteiger partial charge is 0.487 e. The van der Waals surface area contributed by atoms with Gasteiger partial charge in [-0.1, -0.05) is 0 Å². The van der Waals surface area contributed by atoms with Crippen molar-refractivity contribution in [1.82, 2.24) is 5.32 Å². The van der Waals surface area contributed by atoms with Crippen molar-refractivity contribution in [3.8, 4) is 5.75 Å². The lowest BCUT2D eigenvalue weighted by Gasteiger charge is -2.28. The highest BCUT2D eigenvalue weighted by molar-refractivity contribution is 5.70. The van der Waals surface area contributed by atoms with Gasteiger partial charge in [0.05, 0.1) is 18.6 Å². The SMILES string of the molecule is O=C(O)C1CNCC(OCC2Cc3cc(F)ccc3O2)C1. The summed E-state index contributed by atoms with van der Waals surface area (Å²) in [7, 11) is 0. The summed E-state index contributed by atoms with van der Waals surface area (Å²) in [5, 5.41) is 12.1. The molecule has 0 saturated carbocycles. The number of hydrogen-bond donors (Lipinski definition) is 2. The van der Waals surface area contributed by atoms with E-state index >= 15 is 0 Å². The van der Waals surface area contributed by atoms with E-state index in [1.165, 1.54) is 12.1 Å². The number of nitrogens with one attached hydrogen (secondary N) is 1. The van der Waals surface area contributed by atoms with E-state index in [-0.39, 0.29) is 18.0 Å². The fourth-order valence-electron chi connectivity index (χ4n) is 2.84. The molecule has 0 amide bonds. The van der Waals surface area contributed by atoms with E-state index in [0.717, 1.165) is 5.56 Å². The second-order valence-electron chi connectivity index (χ2n) is 5.58. The lowest BCUT2D eigenvalue weighted by atomic mass is 9.98. The number of carbonyl (C=O) groups is 1. The molecule has 3 rings (SSSR count). The average molecular weight is 295 g/mol. The van der Waals surface area contributed by atoms with Gasteiger partial charge in [0.1, 0.15) is 17.7 Å². The number of aliphatic carboxylic acids is 1. The molecule has 1 aromatic carbocycles. The summed E-state index contributed by atoms with van der Waals surface area (Å²) in [5.74, 6) is -0.759. The molecular weight excluding hydrogens is 277 g/mol. The smallest absolute Gasteiger partial charge is 0.307 e. The van der Waals surface area contributed by atoms with E-state index in [4.69, 9.17) is 14.6 Å². The molecule has 0 bridgehead atoms. The van der Waals surface area contributed by atoms with Crippen LogP contribution in [0.3, 0.4) is 0 Å². The Labute approximate surface area is 122 Å². The molecule has 3 atom stereocenters. The lowest BCUT2D eigenvalue weighted by Crippen LogP contribution is -2.44. The predicted molar refractivity (Wildman–Crippen MR) is 72.9 cm³/mol. The molecule has 5 nitrogen and oxygen atoms in total. The molecule has 21 heavy (non-hydrogen) atoms. The molecule has 6 heteroatoms. The zero-order chi connectivity index (χ0) is 14.8. The van der Waals surface area contributed by atoms with Crippen molar-refractivity contribution >= 4 is 5.97 Å². The number of rotatable bonds is 4. The number of halogens is 1. The molecule has 2 N–H and O–H groups in total. The Morgan fingerprint density at radius 1 is 1.48 bits per heavy atom. The summed E-state index contributed by atoms with van der Waals surface area (Å²) < 4.78 is 24.6. The van der Waals surface area contributed by atoms with E-state index in [2.05, 4.69) is 5.32 Å². The van der Waals surface area contributed by atoms with Crippen molar-refractivity contribution in [2.75, 3.05) is 19.7 Å². The zero-order valence-corrected chi connectivity index (χ0v) is 11.5. The Kier molecular flexibility index (Phi) is 4.07. The second kappa shape index (κ2) is 5.99. The van der Waals surface area contributed by atoms with Gasteiger partial charge in [0, 0.05) is 25.1 Å². The summed E-state index contributed by atoms with van der Waals surface area (Å²) in [6.07, 6.45) is 0.877. The highest BCUT2D eigenvalue weighted by atomic mass is 19.1. The third-order valence-electron chi connectivity index (χ3n) is 3.94. The number of carboxylic acid groups (broad SMARTS) is 1. The van der Waals surface area contributed by atoms with E-state index in [9.17, 15) is 9.18 Å². The third kappa shape index (κ3) is 3.33. The van der Waals surface area contributed by atoms with Gasteiger partial charge in [-0.15, -0.1) is 0 Å². The summed E-state index contributed by atoms with van der Waals surface area (Å²) in [6.45, 7) is 1.52. The van der Waals surface area contributed by atoms with Crippen LogP contribution in [0.4, 0.5) is 4.39 Å². The number of carboxylic acids is 1. The van der Waals surface area contributed by atoms with Gasteiger partial charge in [0.15, 0.2) is 0 Å². The first-order chi connectivity index (χ1) is 10.1. The topological polar surface area (TPSA) is 67.8 Å². The monoisotopic (exact) mass is 295 g/mol. The molecule has 1 aromatic rings. The molecule has 0 aliphatic carbocycles. The van der Waals surface area contributed by atoms with E-state index in [0.29, 0.717) is 38.3 Å². The van der Waals surface area contributed by atoms with Gasteiger partial charge < -0.3 is 19.9 Å². The van der Waals surface area contributed by atoms with E-state index < -0.39 is 11.9 Å². The molecule has 0 aromatic heterocycles. The normalized spacial score (nSPS) is 28.0. The Hall–Kier alpha value is -1.66. The first-order valence-corrected chi connectivity index (χ1v) is 7.12. The van der Waals surface area contributed by atoms with Gasteiger partial charge in [-0.05, 0) is 24.6 Å². The summed E-state index contributed by atoms with van der Waals surface area (Å²) in [4.78, 5) is 11.0. The molecular formula is C15H18FNO4. The van der Waals surface area contributed by atoms with Crippen LogP contribution in [0.15, 0.2) is 18.2 Å². The first kappa shape index (κ1) is 14.3. The van der Waals surface area contributed by atoms with Gasteiger partial charge in [-0.3, -0.25) is 4.79 Å². The maximum Gasteiger partial charge on any atom is 0.307 e. The zero-order valence-electron chi connectivity index (χ0n) is 11.5. The van der Waals surface area contributed by atoms with Crippen molar-refractivity contribution in [1.29, 1.82) is 0 Å². The van der Waals surface area contributed by atoms with Crippen LogP contribution in [0.5, 0.6) is 5.75 Å². The van der Waals surface area contributed by atoms with Crippen LogP contribution in [-0.4, -0.2) is 43.0 Å². The standard InChI is InChI=1S/C15H18FNO4/c16-11-1-2-14-9(3-11)4-13(21-14)8-20-12-5-10(15(18)19)6-17-7-12/h1-3,10,12-13,17H,4-8H2,(H,18,19). The van der Waals surface area contributed by atoms with Crippen molar-refractivity contribution < 1.29 is 23.8 Å². The first-order valence-electron chi connectivity index (χ1n) is 7.12. The molecule has 114 valence electrons. The minimum Gasteiger partial charge on any atom is -0.487 e. The van der Waals surface area contributed by atoms with Crippen molar-refractivity contribution in [3.63, 3.8) is 0 Å².